The predicted molar refractivity (Wildman–Crippen MR) is 119 cm³/mol. The van der Waals surface area contributed by atoms with E-state index >= 15 is 0 Å². The molecule has 3 N–H and O–H groups in total. The van der Waals surface area contributed by atoms with Crippen LogP contribution in [-0.4, -0.2) is 34.2 Å². The lowest BCUT2D eigenvalue weighted by Gasteiger charge is -2.06. The van der Waals surface area contributed by atoms with E-state index in [2.05, 4.69) is 38.1 Å². The fraction of sp³-hybridized carbons (Fsp3) is 0.174. The van der Waals surface area contributed by atoms with E-state index in [0.29, 0.717) is 40.2 Å². The molecule has 2 aromatic carbocycles. The second-order valence-electron chi connectivity index (χ2n) is 7.06. The van der Waals surface area contributed by atoms with Crippen LogP contribution in [0.15, 0.2) is 58.0 Å². The number of unbranched alkanes of at least 4 members (excludes halogenated alkanes) is 1. The first-order chi connectivity index (χ1) is 14.5. The van der Waals surface area contributed by atoms with Crippen LogP contribution >= 0.6 is 15.9 Å². The first-order valence-electron chi connectivity index (χ1n) is 9.72. The number of aromatic nitrogens is 1. The lowest BCUT2D eigenvalue weighted by Crippen LogP contribution is -2.24. The van der Waals surface area contributed by atoms with E-state index in [-0.39, 0.29) is 11.8 Å². The van der Waals surface area contributed by atoms with E-state index in [9.17, 15) is 14.7 Å². The van der Waals surface area contributed by atoms with E-state index in [4.69, 9.17) is 0 Å². The van der Waals surface area contributed by atoms with Gasteiger partial charge in [-0.3, -0.25) is 9.59 Å². The van der Waals surface area contributed by atoms with Gasteiger partial charge in [0.05, 0.1) is 22.5 Å². The summed E-state index contributed by atoms with van der Waals surface area (Å²) < 4.78 is 0.911. The molecule has 0 saturated heterocycles. The molecule has 1 aliphatic heterocycles. The number of aromatic hydroxyl groups is 1. The number of carbonyl (C=O) groups is 2. The van der Waals surface area contributed by atoms with Gasteiger partial charge in [0.25, 0.3) is 11.8 Å². The summed E-state index contributed by atoms with van der Waals surface area (Å²) in [4.78, 5) is 31.9. The van der Waals surface area contributed by atoms with E-state index < -0.39 is 5.91 Å². The largest absolute Gasteiger partial charge is 0.494 e. The van der Waals surface area contributed by atoms with Gasteiger partial charge in [0.1, 0.15) is 0 Å². The Bertz CT molecular complexity index is 1150. The molecule has 6 nitrogen and oxygen atoms in total. The molecule has 4 rings (SSSR count). The van der Waals surface area contributed by atoms with Gasteiger partial charge < -0.3 is 15.4 Å². The Labute approximate surface area is 182 Å². The normalized spacial score (nSPS) is 12.6. The quantitative estimate of drug-likeness (QED) is 0.461. The van der Waals surface area contributed by atoms with Crippen LogP contribution in [0.25, 0.3) is 11.3 Å². The monoisotopic (exact) mass is 465 g/mol. The van der Waals surface area contributed by atoms with Gasteiger partial charge in [-0.2, -0.15) is 0 Å². The van der Waals surface area contributed by atoms with Crippen LogP contribution in [0.2, 0.25) is 0 Å². The summed E-state index contributed by atoms with van der Waals surface area (Å²) in [6, 6.07) is 14.3. The average Bonchev–Trinajstić information content (AvgIpc) is 3.27. The molecular weight excluding hydrogens is 446 g/mol. The first kappa shape index (κ1) is 20.1. The maximum absolute atomic E-state index is 12.7. The van der Waals surface area contributed by atoms with Crippen molar-refractivity contribution in [2.24, 2.45) is 4.99 Å². The number of nitrogens with one attached hydrogen (secondary N) is 2. The third-order valence-corrected chi connectivity index (χ3v) is 5.54. The van der Waals surface area contributed by atoms with Gasteiger partial charge in [-0.15, -0.1) is 0 Å². The van der Waals surface area contributed by atoms with E-state index in [1.54, 1.807) is 24.3 Å². The molecule has 2 heterocycles. The van der Waals surface area contributed by atoms with Crippen molar-refractivity contribution in [3.05, 3.63) is 75.3 Å². The molecule has 0 spiro atoms. The van der Waals surface area contributed by atoms with Gasteiger partial charge >= 0.3 is 0 Å². The van der Waals surface area contributed by atoms with Crippen LogP contribution in [0.4, 0.5) is 0 Å². The Morgan fingerprint density at radius 1 is 1.07 bits per heavy atom. The van der Waals surface area contributed by atoms with E-state index in [1.165, 1.54) is 0 Å². The summed E-state index contributed by atoms with van der Waals surface area (Å²) in [6.07, 6.45) is 1.94. The first-order valence-corrected chi connectivity index (χ1v) is 10.5. The standard InChI is InChI=1S/C23H20BrN3O3/c1-2-3-12-25-21(28)15-6-4-13(5-7-15)19-17-18(23(30)26-19)20(27-22(17)29)14-8-10-16(24)11-9-14/h4-11,26,30H,2-3,12H2,1H3,(H,25,28). The zero-order valence-electron chi connectivity index (χ0n) is 16.3. The van der Waals surface area contributed by atoms with Crippen molar-refractivity contribution in [2.45, 2.75) is 19.8 Å². The van der Waals surface area contributed by atoms with Gasteiger partial charge in [0, 0.05) is 22.1 Å². The lowest BCUT2D eigenvalue weighted by molar-refractivity contribution is 0.0952. The Morgan fingerprint density at radius 2 is 1.73 bits per heavy atom. The Kier molecular flexibility index (Phi) is 5.55. The molecule has 0 radical (unpaired) electrons. The van der Waals surface area contributed by atoms with E-state index in [0.717, 1.165) is 22.9 Å². The molecule has 152 valence electrons. The zero-order valence-corrected chi connectivity index (χ0v) is 17.9. The molecule has 0 fully saturated rings. The summed E-state index contributed by atoms with van der Waals surface area (Å²) in [5.74, 6) is -0.642. The average molecular weight is 466 g/mol. The highest BCUT2D eigenvalue weighted by atomic mass is 79.9. The number of hydrogen-bond donors (Lipinski definition) is 3. The van der Waals surface area contributed by atoms with Crippen LogP contribution in [0.5, 0.6) is 5.88 Å². The molecule has 0 unspecified atom stereocenters. The highest BCUT2D eigenvalue weighted by Gasteiger charge is 2.33. The lowest BCUT2D eigenvalue weighted by atomic mass is 10.00. The van der Waals surface area contributed by atoms with Crippen molar-refractivity contribution in [2.75, 3.05) is 6.54 Å². The fourth-order valence-corrected chi connectivity index (χ4v) is 3.71. The van der Waals surface area contributed by atoms with Crippen LogP contribution < -0.4 is 5.32 Å². The van der Waals surface area contributed by atoms with Crippen LogP contribution in [0, 0.1) is 0 Å². The number of hydrogen-bond acceptors (Lipinski definition) is 3. The minimum Gasteiger partial charge on any atom is -0.494 e. The van der Waals surface area contributed by atoms with Crippen LogP contribution in [-0.2, 0) is 0 Å². The molecule has 0 atom stereocenters. The number of aliphatic imine (C=N–C) groups is 1. The van der Waals surface area contributed by atoms with Gasteiger partial charge in [0.2, 0.25) is 0 Å². The topological polar surface area (TPSA) is 94.5 Å². The molecule has 1 aliphatic rings. The maximum Gasteiger partial charge on any atom is 0.280 e. The summed E-state index contributed by atoms with van der Waals surface area (Å²) in [5, 5.41) is 13.4. The third kappa shape index (κ3) is 3.68. The van der Waals surface area contributed by atoms with Crippen molar-refractivity contribution < 1.29 is 14.7 Å². The number of benzene rings is 2. The van der Waals surface area contributed by atoms with Crippen LogP contribution in [0.1, 0.15) is 51.6 Å². The van der Waals surface area contributed by atoms with Crippen molar-refractivity contribution >= 4 is 33.5 Å². The number of carbonyl (C=O) groups excluding carboxylic acids is 2. The minimum atomic E-state index is -0.407. The van der Waals surface area contributed by atoms with Crippen molar-refractivity contribution in [3.63, 3.8) is 0 Å². The predicted octanol–water partition coefficient (Wildman–Crippen LogP) is 4.67. The number of halogens is 1. The second-order valence-corrected chi connectivity index (χ2v) is 7.97. The van der Waals surface area contributed by atoms with Gasteiger partial charge in [-0.05, 0) is 36.2 Å². The molecule has 2 amide bonds. The number of fused-ring (bicyclic) bond motifs is 1. The molecule has 0 aliphatic carbocycles. The molecule has 0 saturated carbocycles. The maximum atomic E-state index is 12.7. The summed E-state index contributed by atoms with van der Waals surface area (Å²) in [7, 11) is 0. The number of H-pyrrole nitrogens is 1. The SMILES string of the molecule is CCCCNC(=O)c1ccc(-c2[nH]c(O)c3c2C(=O)N=C3c2ccc(Br)cc2)cc1. The van der Waals surface area contributed by atoms with Gasteiger partial charge in [-0.25, -0.2) is 4.99 Å². The van der Waals surface area contributed by atoms with Crippen molar-refractivity contribution in [3.8, 4) is 17.1 Å². The molecule has 3 aromatic rings. The number of nitrogens with zero attached hydrogens (tertiary/aromatic N) is 1. The zero-order chi connectivity index (χ0) is 21.3. The molecule has 1 aromatic heterocycles. The van der Waals surface area contributed by atoms with Gasteiger partial charge in [-0.1, -0.05) is 53.5 Å². The Hall–Kier alpha value is -3.19. The third-order valence-electron chi connectivity index (χ3n) is 5.01. The Balaban J connectivity index is 1.64. The number of rotatable bonds is 6. The summed E-state index contributed by atoms with van der Waals surface area (Å²) in [5.41, 5.74) is 3.64. The summed E-state index contributed by atoms with van der Waals surface area (Å²) in [6.45, 7) is 2.71. The molecule has 30 heavy (non-hydrogen) atoms. The molecule has 0 bridgehead atoms. The van der Waals surface area contributed by atoms with Crippen molar-refractivity contribution in [1.29, 1.82) is 0 Å². The smallest absolute Gasteiger partial charge is 0.280 e. The highest BCUT2D eigenvalue weighted by Crippen LogP contribution is 2.38. The minimum absolute atomic E-state index is 0.103. The van der Waals surface area contributed by atoms with E-state index in [1.807, 2.05) is 24.3 Å². The number of aromatic amines is 1. The molecular formula is C23H20BrN3O3. The Morgan fingerprint density at radius 3 is 2.40 bits per heavy atom. The summed E-state index contributed by atoms with van der Waals surface area (Å²) >= 11 is 3.39. The molecule has 7 heteroatoms. The van der Waals surface area contributed by atoms with Gasteiger partial charge in [0.15, 0.2) is 5.88 Å². The second kappa shape index (κ2) is 8.28. The highest BCUT2D eigenvalue weighted by molar-refractivity contribution is 9.10. The number of amides is 2. The van der Waals surface area contributed by atoms with Crippen LogP contribution in [0.3, 0.4) is 0 Å². The van der Waals surface area contributed by atoms with Crippen molar-refractivity contribution in [1.82, 2.24) is 10.3 Å². The fourth-order valence-electron chi connectivity index (χ4n) is 3.45.